The van der Waals surface area contributed by atoms with Crippen molar-refractivity contribution >= 4 is 27.5 Å². The molecular weight excluding hydrogens is 468 g/mol. The zero-order chi connectivity index (χ0) is 24.3. The first kappa shape index (κ1) is 24.5. The van der Waals surface area contributed by atoms with Gasteiger partial charge in [-0.05, 0) is 38.8 Å². The van der Waals surface area contributed by atoms with Gasteiger partial charge in [-0.1, -0.05) is 66.2 Å². The molecule has 0 aliphatic carbocycles. The number of nitrogens with zero attached hydrogens (tertiary/aromatic N) is 4. The summed E-state index contributed by atoms with van der Waals surface area (Å²) in [5.41, 5.74) is 4.18. The van der Waals surface area contributed by atoms with Crippen LogP contribution in [0.2, 0.25) is 0 Å². The summed E-state index contributed by atoms with van der Waals surface area (Å²) in [5, 5.41) is 9.51. The standard InChI is InChI=1S/C25H30N4O3S2/c1-4-14-28(22-13-15-34(31,32)17-22)23(30)16-33-25-27-26-24(20-9-5-18(2)6-10-20)29(25)21-11-7-19(3)8-12-21/h5-12,22H,4,13-17H2,1-3H3/t22-/m0/s1. The molecule has 180 valence electrons. The van der Waals surface area contributed by atoms with Crippen LogP contribution in [0.25, 0.3) is 17.1 Å². The van der Waals surface area contributed by atoms with Gasteiger partial charge in [-0.3, -0.25) is 9.36 Å². The predicted octanol–water partition coefficient (Wildman–Crippen LogP) is 4.07. The van der Waals surface area contributed by atoms with Crippen LogP contribution in [0.4, 0.5) is 0 Å². The monoisotopic (exact) mass is 498 g/mol. The number of benzene rings is 2. The van der Waals surface area contributed by atoms with Gasteiger partial charge in [0.15, 0.2) is 20.8 Å². The van der Waals surface area contributed by atoms with Crippen LogP contribution in [-0.2, 0) is 14.6 Å². The van der Waals surface area contributed by atoms with Crippen LogP contribution < -0.4 is 0 Å². The second-order valence-corrected chi connectivity index (χ2v) is 11.9. The second-order valence-electron chi connectivity index (χ2n) is 8.78. The Hall–Kier alpha value is -2.65. The van der Waals surface area contributed by atoms with Gasteiger partial charge in [0.25, 0.3) is 0 Å². The summed E-state index contributed by atoms with van der Waals surface area (Å²) in [5.74, 6) is 1.03. The Bertz CT molecular complexity index is 1250. The van der Waals surface area contributed by atoms with Crippen molar-refractivity contribution in [1.82, 2.24) is 19.7 Å². The maximum absolute atomic E-state index is 13.2. The van der Waals surface area contributed by atoms with E-state index in [1.807, 2.05) is 73.9 Å². The molecule has 1 amide bonds. The van der Waals surface area contributed by atoms with Crippen LogP contribution in [0.3, 0.4) is 0 Å². The zero-order valence-corrected chi connectivity index (χ0v) is 21.4. The van der Waals surface area contributed by atoms with Crippen LogP contribution in [0.1, 0.15) is 30.9 Å². The van der Waals surface area contributed by atoms with E-state index < -0.39 is 9.84 Å². The lowest BCUT2D eigenvalue weighted by atomic mass is 10.1. The highest BCUT2D eigenvalue weighted by molar-refractivity contribution is 7.99. The van der Waals surface area contributed by atoms with E-state index in [0.717, 1.165) is 28.8 Å². The number of aromatic nitrogens is 3. The van der Waals surface area contributed by atoms with Gasteiger partial charge < -0.3 is 4.90 Å². The molecule has 7 nitrogen and oxygen atoms in total. The van der Waals surface area contributed by atoms with Crippen LogP contribution in [0, 0.1) is 13.8 Å². The molecule has 0 spiro atoms. The number of aryl methyl sites for hydroxylation is 2. The topological polar surface area (TPSA) is 85.2 Å². The highest BCUT2D eigenvalue weighted by Gasteiger charge is 2.34. The van der Waals surface area contributed by atoms with E-state index in [4.69, 9.17) is 0 Å². The predicted molar refractivity (Wildman–Crippen MR) is 136 cm³/mol. The minimum atomic E-state index is -3.06. The molecule has 1 aliphatic rings. The van der Waals surface area contributed by atoms with E-state index in [2.05, 4.69) is 10.2 Å². The number of carbonyl (C=O) groups excluding carboxylic acids is 1. The van der Waals surface area contributed by atoms with Crippen molar-refractivity contribution in [3.8, 4) is 17.1 Å². The van der Waals surface area contributed by atoms with Crippen molar-refractivity contribution in [3.05, 3.63) is 59.7 Å². The maximum Gasteiger partial charge on any atom is 0.233 e. The number of hydrogen-bond donors (Lipinski definition) is 0. The normalized spacial score (nSPS) is 17.1. The molecule has 4 rings (SSSR count). The Kier molecular flexibility index (Phi) is 7.42. The van der Waals surface area contributed by atoms with Crippen molar-refractivity contribution in [1.29, 1.82) is 0 Å². The summed E-state index contributed by atoms with van der Waals surface area (Å²) in [6.45, 7) is 6.63. The van der Waals surface area contributed by atoms with Crippen LogP contribution in [-0.4, -0.2) is 63.8 Å². The van der Waals surface area contributed by atoms with Crippen molar-refractivity contribution in [2.45, 2.75) is 44.8 Å². The highest BCUT2D eigenvalue weighted by Crippen LogP contribution is 2.29. The van der Waals surface area contributed by atoms with Crippen LogP contribution in [0.15, 0.2) is 53.7 Å². The van der Waals surface area contributed by atoms with Crippen molar-refractivity contribution < 1.29 is 13.2 Å². The number of thioether (sulfide) groups is 1. The number of carbonyl (C=O) groups is 1. The Morgan fingerprint density at radius 3 is 2.29 bits per heavy atom. The molecule has 1 atom stereocenters. The van der Waals surface area contributed by atoms with Gasteiger partial charge in [0.1, 0.15) is 0 Å². The molecule has 9 heteroatoms. The summed E-state index contributed by atoms with van der Waals surface area (Å²) in [7, 11) is -3.06. The van der Waals surface area contributed by atoms with Crippen molar-refractivity contribution in [2.24, 2.45) is 0 Å². The SMILES string of the molecule is CCCN(C(=O)CSc1nnc(-c2ccc(C)cc2)n1-c1ccc(C)cc1)[C@H]1CCS(=O)(=O)C1. The molecule has 0 unspecified atom stereocenters. The van der Waals surface area contributed by atoms with Crippen molar-refractivity contribution in [3.63, 3.8) is 0 Å². The Labute approximate surface area is 205 Å². The lowest BCUT2D eigenvalue weighted by Crippen LogP contribution is -2.42. The van der Waals surface area contributed by atoms with E-state index in [1.165, 1.54) is 11.8 Å². The van der Waals surface area contributed by atoms with Gasteiger partial charge >= 0.3 is 0 Å². The Balaban J connectivity index is 1.60. The molecule has 2 heterocycles. The molecule has 3 aromatic rings. The molecule has 1 fully saturated rings. The first-order valence-corrected chi connectivity index (χ1v) is 14.3. The highest BCUT2D eigenvalue weighted by atomic mass is 32.2. The molecule has 0 saturated carbocycles. The number of hydrogen-bond acceptors (Lipinski definition) is 6. The fraction of sp³-hybridized carbons (Fsp3) is 0.400. The van der Waals surface area contributed by atoms with Gasteiger partial charge in [-0.25, -0.2) is 8.42 Å². The van der Waals surface area contributed by atoms with Gasteiger partial charge in [0.05, 0.1) is 17.3 Å². The quantitative estimate of drug-likeness (QED) is 0.435. The maximum atomic E-state index is 13.2. The molecule has 0 N–H and O–H groups in total. The second kappa shape index (κ2) is 10.3. The number of sulfone groups is 1. The van der Waals surface area contributed by atoms with Gasteiger partial charge in [-0.2, -0.15) is 0 Å². The molecule has 2 aromatic carbocycles. The fourth-order valence-corrected chi connectivity index (χ4v) is 6.73. The summed E-state index contributed by atoms with van der Waals surface area (Å²) in [6.07, 6.45) is 1.29. The third-order valence-corrected chi connectivity index (χ3v) is 8.66. The molecule has 1 saturated heterocycles. The minimum Gasteiger partial charge on any atom is -0.338 e. The van der Waals surface area contributed by atoms with E-state index in [1.54, 1.807) is 4.90 Å². The summed E-state index contributed by atoms with van der Waals surface area (Å²) in [6, 6.07) is 16.0. The average Bonchev–Trinajstić information content (AvgIpc) is 3.39. The Morgan fingerprint density at radius 1 is 1.06 bits per heavy atom. The first-order valence-electron chi connectivity index (χ1n) is 11.5. The van der Waals surface area contributed by atoms with Gasteiger partial charge in [0.2, 0.25) is 5.91 Å². The number of amides is 1. The van der Waals surface area contributed by atoms with Gasteiger partial charge in [0, 0.05) is 23.8 Å². The lowest BCUT2D eigenvalue weighted by Gasteiger charge is -2.27. The molecule has 1 aromatic heterocycles. The first-order chi connectivity index (χ1) is 16.3. The van der Waals surface area contributed by atoms with E-state index >= 15 is 0 Å². The van der Waals surface area contributed by atoms with E-state index in [9.17, 15) is 13.2 Å². The average molecular weight is 499 g/mol. The largest absolute Gasteiger partial charge is 0.338 e. The summed E-state index contributed by atoms with van der Waals surface area (Å²) in [4.78, 5) is 14.9. The molecule has 0 bridgehead atoms. The van der Waals surface area contributed by atoms with Crippen molar-refractivity contribution in [2.75, 3.05) is 23.8 Å². The Morgan fingerprint density at radius 2 is 1.71 bits per heavy atom. The van der Waals surface area contributed by atoms with Gasteiger partial charge in [-0.15, -0.1) is 10.2 Å². The summed E-state index contributed by atoms with van der Waals surface area (Å²) >= 11 is 1.33. The molecule has 0 radical (unpaired) electrons. The van der Waals surface area contributed by atoms with E-state index in [-0.39, 0.29) is 29.2 Å². The molecular formula is C25H30N4O3S2. The third kappa shape index (κ3) is 5.52. The lowest BCUT2D eigenvalue weighted by molar-refractivity contribution is -0.130. The fourth-order valence-electron chi connectivity index (χ4n) is 4.16. The zero-order valence-electron chi connectivity index (χ0n) is 19.8. The smallest absolute Gasteiger partial charge is 0.233 e. The third-order valence-electron chi connectivity index (χ3n) is 5.99. The molecule has 34 heavy (non-hydrogen) atoms. The van der Waals surface area contributed by atoms with Crippen LogP contribution in [0.5, 0.6) is 0 Å². The minimum absolute atomic E-state index is 0.0561. The molecule has 1 aliphatic heterocycles. The van der Waals surface area contributed by atoms with E-state index in [0.29, 0.717) is 23.9 Å². The van der Waals surface area contributed by atoms with Crippen LogP contribution >= 0.6 is 11.8 Å². The summed E-state index contributed by atoms with van der Waals surface area (Å²) < 4.78 is 25.9. The number of rotatable bonds is 8.